The van der Waals surface area contributed by atoms with Crippen molar-refractivity contribution in [2.24, 2.45) is 0 Å². The molecule has 1 heteroatoms. The van der Waals surface area contributed by atoms with Crippen LogP contribution in [0.1, 0.15) is 0 Å². The minimum absolute atomic E-state index is 0.699. The van der Waals surface area contributed by atoms with Gasteiger partial charge in [0, 0.05) is 12.6 Å². The largest absolute Gasteiger partial charge is 0.297 e. The summed E-state index contributed by atoms with van der Waals surface area (Å²) in [7, 11) is 2.09. The molecule has 0 aromatic rings. The van der Waals surface area contributed by atoms with Gasteiger partial charge >= 0.3 is 0 Å². The lowest BCUT2D eigenvalue weighted by Crippen LogP contribution is -1.85. The van der Waals surface area contributed by atoms with Crippen molar-refractivity contribution in [2.45, 2.75) is 6.04 Å². The van der Waals surface area contributed by atoms with Crippen LogP contribution in [0.2, 0.25) is 0 Å². The molecule has 2 atom stereocenters. The molecular formula is C5H9N. The minimum atomic E-state index is 0.699. The molecule has 0 aromatic heterocycles. The van der Waals surface area contributed by atoms with Crippen LogP contribution in [0.15, 0.2) is 12.7 Å². The molecule has 1 aliphatic rings. The van der Waals surface area contributed by atoms with E-state index in [9.17, 15) is 0 Å². The van der Waals surface area contributed by atoms with E-state index in [4.69, 9.17) is 0 Å². The lowest BCUT2D eigenvalue weighted by Gasteiger charge is -1.78. The summed E-state index contributed by atoms with van der Waals surface area (Å²) in [6, 6.07) is 0.699. The molecule has 6 heavy (non-hydrogen) atoms. The van der Waals surface area contributed by atoms with E-state index in [0.717, 1.165) is 0 Å². The molecule has 34 valence electrons. The number of hydrogen-bond donors (Lipinski definition) is 0. The molecule has 0 amide bonds. The van der Waals surface area contributed by atoms with Crippen molar-refractivity contribution in [3.05, 3.63) is 12.7 Å². The van der Waals surface area contributed by atoms with E-state index >= 15 is 0 Å². The highest BCUT2D eigenvalue weighted by Gasteiger charge is 2.24. The lowest BCUT2D eigenvalue weighted by atomic mass is 10.5. The maximum atomic E-state index is 3.63. The Morgan fingerprint density at radius 1 is 2.00 bits per heavy atom. The van der Waals surface area contributed by atoms with Crippen molar-refractivity contribution in [1.82, 2.24) is 4.90 Å². The Morgan fingerprint density at radius 3 is 2.50 bits per heavy atom. The van der Waals surface area contributed by atoms with E-state index in [-0.39, 0.29) is 0 Å². The average molecular weight is 83.1 g/mol. The van der Waals surface area contributed by atoms with Gasteiger partial charge < -0.3 is 0 Å². The molecule has 0 bridgehead atoms. The van der Waals surface area contributed by atoms with Gasteiger partial charge in [0.15, 0.2) is 0 Å². The first kappa shape index (κ1) is 3.88. The van der Waals surface area contributed by atoms with Crippen LogP contribution in [0.4, 0.5) is 0 Å². The van der Waals surface area contributed by atoms with Crippen LogP contribution in [0, 0.1) is 0 Å². The van der Waals surface area contributed by atoms with Crippen molar-refractivity contribution < 1.29 is 0 Å². The van der Waals surface area contributed by atoms with Crippen molar-refractivity contribution in [1.29, 1.82) is 0 Å². The van der Waals surface area contributed by atoms with Gasteiger partial charge in [0.2, 0.25) is 0 Å². The van der Waals surface area contributed by atoms with Crippen LogP contribution in [-0.2, 0) is 0 Å². The summed E-state index contributed by atoms with van der Waals surface area (Å²) in [5, 5.41) is 0. The third kappa shape index (κ3) is 0.455. The second-order valence-corrected chi connectivity index (χ2v) is 1.74. The van der Waals surface area contributed by atoms with E-state index in [1.54, 1.807) is 0 Å². The smallest absolute Gasteiger partial charge is 0.0400 e. The van der Waals surface area contributed by atoms with Crippen molar-refractivity contribution in [3.8, 4) is 0 Å². The van der Waals surface area contributed by atoms with E-state index in [1.165, 1.54) is 6.54 Å². The zero-order chi connectivity index (χ0) is 4.57. The van der Waals surface area contributed by atoms with Gasteiger partial charge in [-0.1, -0.05) is 6.08 Å². The highest BCUT2D eigenvalue weighted by Crippen LogP contribution is 2.12. The topological polar surface area (TPSA) is 3.01 Å². The second kappa shape index (κ2) is 1.09. The Kier molecular flexibility index (Phi) is 0.701. The Labute approximate surface area is 38.3 Å². The van der Waals surface area contributed by atoms with E-state index < -0.39 is 0 Å². The van der Waals surface area contributed by atoms with Crippen LogP contribution in [0.5, 0.6) is 0 Å². The van der Waals surface area contributed by atoms with Crippen LogP contribution in [0.25, 0.3) is 0 Å². The zero-order valence-corrected chi connectivity index (χ0v) is 4.02. The van der Waals surface area contributed by atoms with E-state index in [1.807, 2.05) is 6.08 Å². The van der Waals surface area contributed by atoms with E-state index in [0.29, 0.717) is 6.04 Å². The fourth-order valence-electron chi connectivity index (χ4n) is 0.502. The molecule has 1 saturated heterocycles. The summed E-state index contributed by atoms with van der Waals surface area (Å²) < 4.78 is 0. The highest BCUT2D eigenvalue weighted by atomic mass is 15.3. The monoisotopic (exact) mass is 83.1 g/mol. The lowest BCUT2D eigenvalue weighted by molar-refractivity contribution is 0.660. The highest BCUT2D eigenvalue weighted by molar-refractivity contribution is 4.99. The van der Waals surface area contributed by atoms with Crippen molar-refractivity contribution in [2.75, 3.05) is 13.6 Å². The first-order valence-electron chi connectivity index (χ1n) is 2.17. The predicted molar refractivity (Wildman–Crippen MR) is 26.6 cm³/mol. The third-order valence-electron chi connectivity index (χ3n) is 1.18. The van der Waals surface area contributed by atoms with Crippen LogP contribution in [0.3, 0.4) is 0 Å². The fourth-order valence-corrected chi connectivity index (χ4v) is 0.502. The van der Waals surface area contributed by atoms with Gasteiger partial charge in [-0.15, -0.1) is 6.58 Å². The molecule has 1 nitrogen and oxygen atoms in total. The maximum Gasteiger partial charge on any atom is 0.0400 e. The molecule has 1 rings (SSSR count). The van der Waals surface area contributed by atoms with E-state index in [2.05, 4.69) is 18.5 Å². The first-order chi connectivity index (χ1) is 2.84. The molecule has 1 aliphatic heterocycles. The molecular weight excluding hydrogens is 74.1 g/mol. The molecule has 0 spiro atoms. The molecule has 0 aromatic carbocycles. The molecule has 1 fully saturated rings. The normalized spacial score (nSPS) is 42.2. The Balaban J connectivity index is 2.25. The third-order valence-corrected chi connectivity index (χ3v) is 1.18. The Hall–Kier alpha value is -0.300. The quantitative estimate of drug-likeness (QED) is 0.329. The van der Waals surface area contributed by atoms with Gasteiger partial charge in [0.25, 0.3) is 0 Å². The molecule has 0 radical (unpaired) electrons. The minimum Gasteiger partial charge on any atom is -0.297 e. The summed E-state index contributed by atoms with van der Waals surface area (Å²) in [5.74, 6) is 0. The van der Waals surface area contributed by atoms with Gasteiger partial charge in [0.05, 0.1) is 0 Å². The van der Waals surface area contributed by atoms with Crippen LogP contribution < -0.4 is 0 Å². The molecule has 0 aliphatic carbocycles. The van der Waals surface area contributed by atoms with Gasteiger partial charge in [-0.3, -0.25) is 4.90 Å². The maximum absolute atomic E-state index is 3.63. The standard InChI is InChI=1S/C5H9N/c1-3-5-4-6(5)2/h3,5H,1,4H2,2H3. The van der Waals surface area contributed by atoms with Gasteiger partial charge in [-0.25, -0.2) is 0 Å². The zero-order valence-electron chi connectivity index (χ0n) is 4.02. The van der Waals surface area contributed by atoms with Crippen molar-refractivity contribution >= 4 is 0 Å². The fraction of sp³-hybridized carbons (Fsp3) is 0.600. The van der Waals surface area contributed by atoms with Gasteiger partial charge in [-0.05, 0) is 7.05 Å². The summed E-state index contributed by atoms with van der Waals surface area (Å²) in [5.41, 5.74) is 0. The molecule has 0 N–H and O–H groups in total. The van der Waals surface area contributed by atoms with Crippen LogP contribution in [-0.4, -0.2) is 24.5 Å². The predicted octanol–water partition coefficient (Wildman–Crippen LogP) is 0.486. The first-order valence-corrected chi connectivity index (χ1v) is 2.17. The van der Waals surface area contributed by atoms with Crippen LogP contribution >= 0.6 is 0 Å². The SMILES string of the molecule is C=CC1CN1C. The summed E-state index contributed by atoms with van der Waals surface area (Å²) in [6.45, 7) is 4.84. The average Bonchev–Trinajstić information content (AvgIpc) is 2.19. The number of nitrogens with zero attached hydrogens (tertiary/aromatic N) is 1. The number of hydrogen-bond acceptors (Lipinski definition) is 1. The molecule has 2 unspecified atom stereocenters. The second-order valence-electron chi connectivity index (χ2n) is 1.74. The van der Waals surface area contributed by atoms with Gasteiger partial charge in [0.1, 0.15) is 0 Å². The molecule has 0 saturated carbocycles. The summed E-state index contributed by atoms with van der Waals surface area (Å²) in [4.78, 5) is 2.23. The van der Waals surface area contributed by atoms with Gasteiger partial charge in [-0.2, -0.15) is 0 Å². The number of likely N-dealkylation sites (N-methyl/N-ethyl adjacent to an activating group) is 1. The Bertz CT molecular complexity index is 68.3. The molecule has 1 heterocycles. The summed E-state index contributed by atoms with van der Waals surface area (Å²) >= 11 is 0. The number of rotatable bonds is 1. The Morgan fingerprint density at radius 2 is 2.50 bits per heavy atom. The van der Waals surface area contributed by atoms with Crippen molar-refractivity contribution in [3.63, 3.8) is 0 Å². The summed E-state index contributed by atoms with van der Waals surface area (Å²) in [6.07, 6.45) is 1.97.